The summed E-state index contributed by atoms with van der Waals surface area (Å²) in [5.41, 5.74) is 10.2. The zero-order valence-electron chi connectivity index (χ0n) is 9.26. The minimum absolute atomic E-state index is 0.0962. The average molecular weight is 233 g/mol. The summed E-state index contributed by atoms with van der Waals surface area (Å²) < 4.78 is 0. The molecule has 2 amide bonds. The number of benzene rings is 1. The normalized spacial score (nSPS) is 31.7. The molecule has 2 fully saturated rings. The first kappa shape index (κ1) is 10.4. The van der Waals surface area contributed by atoms with E-state index < -0.39 is 0 Å². The second-order valence-corrected chi connectivity index (χ2v) is 4.32. The van der Waals surface area contributed by atoms with Crippen molar-refractivity contribution in [2.45, 2.75) is 12.3 Å². The van der Waals surface area contributed by atoms with Crippen LogP contribution in [-0.2, 0) is 0 Å². The molecule has 5 N–H and O–H groups in total. The molecule has 0 radical (unpaired) electrons. The summed E-state index contributed by atoms with van der Waals surface area (Å²) in [5.74, 6) is 0.160. The summed E-state index contributed by atoms with van der Waals surface area (Å²) in [7, 11) is 0. The van der Waals surface area contributed by atoms with Gasteiger partial charge < -0.3 is 16.4 Å². The summed E-state index contributed by atoms with van der Waals surface area (Å²) in [6.07, 6.45) is -0.406. The summed E-state index contributed by atoms with van der Waals surface area (Å²) in [5, 5.41) is 7.54. The number of carbonyl (C=O) groups is 1. The lowest BCUT2D eigenvalue weighted by molar-refractivity contribution is 0.205. The Labute approximate surface area is 99.1 Å². The first-order valence-corrected chi connectivity index (χ1v) is 5.66. The lowest BCUT2D eigenvalue weighted by Crippen LogP contribution is -2.65. The maximum absolute atomic E-state index is 11.4. The summed E-state index contributed by atoms with van der Waals surface area (Å²) >= 11 is 0. The second kappa shape index (κ2) is 3.90. The van der Waals surface area contributed by atoms with Crippen molar-refractivity contribution in [3.05, 3.63) is 30.3 Å². The Hall–Kier alpha value is -1.79. The number of anilines is 1. The van der Waals surface area contributed by atoms with E-state index in [4.69, 9.17) is 5.73 Å². The molecule has 0 aliphatic carbocycles. The highest BCUT2D eigenvalue weighted by atomic mass is 16.2. The first-order chi connectivity index (χ1) is 8.25. The Morgan fingerprint density at radius 1 is 1.24 bits per heavy atom. The largest absolute Gasteiger partial charge is 0.323 e. The van der Waals surface area contributed by atoms with Gasteiger partial charge in [0, 0.05) is 12.5 Å². The van der Waals surface area contributed by atoms with Crippen molar-refractivity contribution in [1.82, 2.24) is 16.1 Å². The van der Waals surface area contributed by atoms with E-state index in [1.807, 2.05) is 35.3 Å². The molecule has 1 aromatic carbocycles. The standard InChI is InChI=1S/C11H15N5O/c12-9-8-6-13-16(7-4-2-1-3-5-7)10(8)15-11(17)14-9/h1-5,8-10,13H,6,12H2,(H2,14,15,17). The van der Waals surface area contributed by atoms with Gasteiger partial charge in [0.2, 0.25) is 0 Å². The summed E-state index contributed by atoms with van der Waals surface area (Å²) in [6.45, 7) is 0.744. The number of nitrogens with two attached hydrogens (primary N) is 1. The Morgan fingerprint density at radius 3 is 2.76 bits per heavy atom. The molecule has 17 heavy (non-hydrogen) atoms. The van der Waals surface area contributed by atoms with Gasteiger partial charge in [-0.3, -0.25) is 5.01 Å². The third-order valence-corrected chi connectivity index (χ3v) is 3.25. The predicted octanol–water partition coefficient (Wildman–Crippen LogP) is -0.449. The van der Waals surface area contributed by atoms with Crippen molar-refractivity contribution >= 4 is 11.7 Å². The van der Waals surface area contributed by atoms with Crippen LogP contribution in [0.5, 0.6) is 0 Å². The predicted molar refractivity (Wildman–Crippen MR) is 63.8 cm³/mol. The fourth-order valence-electron chi connectivity index (χ4n) is 2.38. The van der Waals surface area contributed by atoms with Gasteiger partial charge in [-0.2, -0.15) is 0 Å². The van der Waals surface area contributed by atoms with Crippen LogP contribution >= 0.6 is 0 Å². The Morgan fingerprint density at radius 2 is 2.00 bits per heavy atom. The molecule has 3 rings (SSSR count). The lowest BCUT2D eigenvalue weighted by atomic mass is 10.0. The number of urea groups is 1. The van der Waals surface area contributed by atoms with Crippen molar-refractivity contribution in [2.24, 2.45) is 11.7 Å². The number of hydrogen-bond donors (Lipinski definition) is 4. The van der Waals surface area contributed by atoms with Gasteiger partial charge in [0.15, 0.2) is 0 Å². The molecule has 0 spiro atoms. The maximum Gasteiger partial charge on any atom is 0.317 e. The van der Waals surface area contributed by atoms with Gasteiger partial charge >= 0.3 is 6.03 Å². The van der Waals surface area contributed by atoms with Crippen LogP contribution in [0.4, 0.5) is 10.5 Å². The molecule has 2 aliphatic rings. The highest BCUT2D eigenvalue weighted by Crippen LogP contribution is 2.24. The van der Waals surface area contributed by atoms with Crippen molar-refractivity contribution in [2.75, 3.05) is 11.6 Å². The van der Waals surface area contributed by atoms with E-state index in [-0.39, 0.29) is 24.3 Å². The monoisotopic (exact) mass is 233 g/mol. The highest BCUT2D eigenvalue weighted by Gasteiger charge is 2.42. The molecule has 1 aromatic rings. The van der Waals surface area contributed by atoms with Crippen LogP contribution in [0.15, 0.2) is 30.3 Å². The second-order valence-electron chi connectivity index (χ2n) is 4.32. The quantitative estimate of drug-likeness (QED) is 0.529. The minimum Gasteiger partial charge on any atom is -0.323 e. The molecule has 0 aromatic heterocycles. The minimum atomic E-state index is -0.310. The van der Waals surface area contributed by atoms with Crippen molar-refractivity contribution in [3.63, 3.8) is 0 Å². The number of carbonyl (C=O) groups excluding carboxylic acids is 1. The summed E-state index contributed by atoms with van der Waals surface area (Å²) in [6, 6.07) is 9.66. The fraction of sp³-hybridized carbons (Fsp3) is 0.364. The van der Waals surface area contributed by atoms with Crippen LogP contribution in [0.3, 0.4) is 0 Å². The van der Waals surface area contributed by atoms with Crippen LogP contribution in [0.1, 0.15) is 0 Å². The number of para-hydroxylation sites is 1. The van der Waals surface area contributed by atoms with Crippen LogP contribution < -0.4 is 26.8 Å². The van der Waals surface area contributed by atoms with E-state index in [0.717, 1.165) is 12.2 Å². The number of rotatable bonds is 1. The molecule has 2 heterocycles. The van der Waals surface area contributed by atoms with Crippen LogP contribution in [0.25, 0.3) is 0 Å². The lowest BCUT2D eigenvalue weighted by Gasteiger charge is -2.36. The third-order valence-electron chi connectivity index (χ3n) is 3.25. The van der Waals surface area contributed by atoms with E-state index in [1.165, 1.54) is 0 Å². The summed E-state index contributed by atoms with van der Waals surface area (Å²) in [4.78, 5) is 11.4. The maximum atomic E-state index is 11.4. The van der Waals surface area contributed by atoms with Gasteiger partial charge in [0.05, 0.1) is 11.9 Å². The van der Waals surface area contributed by atoms with Gasteiger partial charge in [-0.25, -0.2) is 10.2 Å². The Bertz CT molecular complexity index is 423. The van der Waals surface area contributed by atoms with Crippen molar-refractivity contribution < 1.29 is 4.79 Å². The van der Waals surface area contributed by atoms with E-state index in [2.05, 4.69) is 16.1 Å². The number of amides is 2. The molecule has 0 saturated carbocycles. The van der Waals surface area contributed by atoms with Gasteiger partial charge in [0.1, 0.15) is 6.17 Å². The number of nitrogens with one attached hydrogen (secondary N) is 3. The fourth-order valence-corrected chi connectivity index (χ4v) is 2.38. The molecule has 90 valence electrons. The van der Waals surface area contributed by atoms with Crippen LogP contribution in [0, 0.1) is 5.92 Å². The molecule has 2 aliphatic heterocycles. The molecular weight excluding hydrogens is 218 g/mol. The Balaban J connectivity index is 1.87. The van der Waals surface area contributed by atoms with E-state index in [0.29, 0.717) is 0 Å². The van der Waals surface area contributed by atoms with Crippen molar-refractivity contribution in [3.8, 4) is 0 Å². The third kappa shape index (κ3) is 1.71. The molecule has 3 unspecified atom stereocenters. The molecule has 0 bridgehead atoms. The van der Waals surface area contributed by atoms with Gasteiger partial charge in [-0.05, 0) is 12.1 Å². The molecule has 6 heteroatoms. The van der Waals surface area contributed by atoms with Gasteiger partial charge in [-0.15, -0.1) is 0 Å². The number of fused-ring (bicyclic) bond motifs is 1. The number of hydrazine groups is 1. The van der Waals surface area contributed by atoms with Crippen LogP contribution in [-0.4, -0.2) is 24.9 Å². The van der Waals surface area contributed by atoms with E-state index in [1.54, 1.807) is 0 Å². The first-order valence-electron chi connectivity index (χ1n) is 5.66. The molecule has 2 saturated heterocycles. The topological polar surface area (TPSA) is 82.4 Å². The van der Waals surface area contributed by atoms with E-state index in [9.17, 15) is 4.79 Å². The Kier molecular flexibility index (Phi) is 2.38. The van der Waals surface area contributed by atoms with Gasteiger partial charge in [0.25, 0.3) is 0 Å². The zero-order valence-corrected chi connectivity index (χ0v) is 9.26. The van der Waals surface area contributed by atoms with Crippen LogP contribution in [0.2, 0.25) is 0 Å². The SMILES string of the molecule is NC1NC(=O)NC2C1CNN2c1ccccc1. The molecule has 6 nitrogen and oxygen atoms in total. The van der Waals surface area contributed by atoms with E-state index >= 15 is 0 Å². The molecular formula is C11H15N5O. The van der Waals surface area contributed by atoms with Crippen molar-refractivity contribution in [1.29, 1.82) is 0 Å². The highest BCUT2D eigenvalue weighted by molar-refractivity contribution is 5.76. The molecule has 3 atom stereocenters. The smallest absolute Gasteiger partial charge is 0.317 e. The average Bonchev–Trinajstić information content (AvgIpc) is 2.74. The number of hydrogen-bond acceptors (Lipinski definition) is 4. The zero-order chi connectivity index (χ0) is 11.8. The number of nitrogens with zero attached hydrogens (tertiary/aromatic N) is 1. The van der Waals surface area contributed by atoms with Gasteiger partial charge in [-0.1, -0.05) is 18.2 Å².